The van der Waals surface area contributed by atoms with Crippen LogP contribution in [0.4, 0.5) is 23.0 Å². The molecule has 2 aromatic carbocycles. The lowest BCUT2D eigenvalue weighted by Gasteiger charge is -2.12. The molecule has 0 aliphatic rings. The van der Waals surface area contributed by atoms with E-state index in [1.54, 1.807) is 0 Å². The van der Waals surface area contributed by atoms with Gasteiger partial charge in [0.1, 0.15) is 0 Å². The number of fused-ring (bicyclic) bond motifs is 1. The van der Waals surface area contributed by atoms with E-state index in [4.69, 9.17) is 0 Å². The third-order valence-electron chi connectivity index (χ3n) is 3.68. The Labute approximate surface area is 149 Å². The first-order valence-corrected chi connectivity index (χ1v) is 8.58. The third-order valence-corrected chi connectivity index (χ3v) is 4.19. The van der Waals surface area contributed by atoms with Crippen molar-refractivity contribution in [3.05, 3.63) is 59.7 Å². The maximum Gasteiger partial charge on any atom is 0.214 e. The molecule has 0 aliphatic heterocycles. The van der Waals surface area contributed by atoms with Gasteiger partial charge in [-0.25, -0.2) is 9.97 Å². The van der Waals surface area contributed by atoms with Crippen molar-refractivity contribution >= 4 is 46.0 Å². The number of aromatic nitrogens is 4. The summed E-state index contributed by atoms with van der Waals surface area (Å²) >= 11 is 1.11. The number of benzene rings is 2. The summed E-state index contributed by atoms with van der Waals surface area (Å²) in [6.45, 7) is 4.10. The van der Waals surface area contributed by atoms with Gasteiger partial charge in [0.2, 0.25) is 11.3 Å². The van der Waals surface area contributed by atoms with Gasteiger partial charge in [-0.15, -0.1) is 0 Å². The number of aryl methyl sites for hydroxylation is 2. The van der Waals surface area contributed by atoms with E-state index < -0.39 is 0 Å². The smallest absolute Gasteiger partial charge is 0.214 e. The van der Waals surface area contributed by atoms with Crippen LogP contribution in [0.2, 0.25) is 0 Å². The molecule has 0 unspecified atom stereocenters. The van der Waals surface area contributed by atoms with Gasteiger partial charge in [0, 0.05) is 11.4 Å². The fourth-order valence-electron chi connectivity index (χ4n) is 2.53. The van der Waals surface area contributed by atoms with Gasteiger partial charge in [-0.3, -0.25) is 0 Å². The van der Waals surface area contributed by atoms with Crippen molar-refractivity contribution in [2.75, 3.05) is 10.6 Å². The third kappa shape index (κ3) is 3.41. The van der Waals surface area contributed by atoms with Crippen LogP contribution < -0.4 is 10.6 Å². The van der Waals surface area contributed by atoms with E-state index in [1.165, 1.54) is 11.1 Å². The number of hydrogen-bond donors (Lipinski definition) is 2. The molecular weight excluding hydrogens is 332 g/mol. The van der Waals surface area contributed by atoms with E-state index in [0.717, 1.165) is 23.1 Å². The zero-order valence-electron chi connectivity index (χ0n) is 13.8. The van der Waals surface area contributed by atoms with Gasteiger partial charge in [-0.2, -0.15) is 8.75 Å². The average molecular weight is 348 g/mol. The molecule has 2 N–H and O–H groups in total. The highest BCUT2D eigenvalue weighted by Crippen LogP contribution is 2.27. The van der Waals surface area contributed by atoms with Crippen molar-refractivity contribution in [3.63, 3.8) is 0 Å². The topological polar surface area (TPSA) is 75.6 Å². The summed E-state index contributed by atoms with van der Waals surface area (Å²) < 4.78 is 8.38. The standard InChI is InChI=1S/C18H16N6S/c1-11-5-3-7-13(9-11)19-15-16(20-14-8-4-6-12(2)10-14)22-18-17(21-15)23-25-24-18/h3-10H,1-2H3,(H,19,21,23)(H,20,22,24). The zero-order chi connectivity index (χ0) is 17.2. The molecule has 0 saturated carbocycles. The summed E-state index contributed by atoms with van der Waals surface area (Å²) in [6, 6.07) is 16.2. The molecule has 0 amide bonds. The van der Waals surface area contributed by atoms with Crippen LogP contribution in [0, 0.1) is 13.8 Å². The molecule has 0 bridgehead atoms. The minimum Gasteiger partial charge on any atom is -0.337 e. The second-order valence-electron chi connectivity index (χ2n) is 5.82. The Balaban J connectivity index is 1.75. The molecule has 6 nitrogen and oxygen atoms in total. The Hall–Kier alpha value is -3.06. The Morgan fingerprint density at radius 1 is 0.720 bits per heavy atom. The van der Waals surface area contributed by atoms with Crippen LogP contribution in [0.15, 0.2) is 48.5 Å². The summed E-state index contributed by atoms with van der Waals surface area (Å²) in [6.07, 6.45) is 0. The van der Waals surface area contributed by atoms with E-state index >= 15 is 0 Å². The predicted octanol–water partition coefficient (Wildman–Crippen LogP) is 4.59. The molecule has 0 fully saturated rings. The molecule has 0 aliphatic carbocycles. The largest absolute Gasteiger partial charge is 0.337 e. The molecule has 0 radical (unpaired) electrons. The lowest BCUT2D eigenvalue weighted by atomic mass is 10.2. The molecule has 4 rings (SSSR count). The molecular formula is C18H16N6S. The Morgan fingerprint density at radius 3 is 1.64 bits per heavy atom. The lowest BCUT2D eigenvalue weighted by Crippen LogP contribution is -2.03. The molecule has 124 valence electrons. The number of nitrogens with zero attached hydrogens (tertiary/aromatic N) is 4. The van der Waals surface area contributed by atoms with Crippen molar-refractivity contribution in [2.24, 2.45) is 0 Å². The maximum atomic E-state index is 4.58. The van der Waals surface area contributed by atoms with Crippen molar-refractivity contribution in [2.45, 2.75) is 13.8 Å². The van der Waals surface area contributed by atoms with Crippen LogP contribution in [0.3, 0.4) is 0 Å². The summed E-state index contributed by atoms with van der Waals surface area (Å²) in [5.41, 5.74) is 5.31. The average Bonchev–Trinajstić information content (AvgIpc) is 3.02. The highest BCUT2D eigenvalue weighted by molar-refractivity contribution is 6.99. The molecule has 0 saturated heterocycles. The normalized spacial score (nSPS) is 10.8. The Bertz CT molecular complexity index is 961. The summed E-state index contributed by atoms with van der Waals surface area (Å²) in [4.78, 5) is 9.16. The van der Waals surface area contributed by atoms with E-state index in [2.05, 4.69) is 67.5 Å². The highest BCUT2D eigenvalue weighted by atomic mass is 32.1. The Kier molecular flexibility index (Phi) is 3.99. The number of hydrogen-bond acceptors (Lipinski definition) is 7. The van der Waals surface area contributed by atoms with Crippen LogP contribution in [0.25, 0.3) is 11.3 Å². The number of rotatable bonds is 4. The van der Waals surface area contributed by atoms with Crippen LogP contribution in [0.1, 0.15) is 11.1 Å². The van der Waals surface area contributed by atoms with E-state index in [-0.39, 0.29) is 0 Å². The fourth-order valence-corrected chi connectivity index (χ4v) is 2.97. The Morgan fingerprint density at radius 2 is 1.20 bits per heavy atom. The van der Waals surface area contributed by atoms with E-state index in [9.17, 15) is 0 Å². The second-order valence-corrected chi connectivity index (χ2v) is 6.35. The van der Waals surface area contributed by atoms with Crippen LogP contribution in [-0.4, -0.2) is 18.7 Å². The van der Waals surface area contributed by atoms with Crippen molar-refractivity contribution in [1.82, 2.24) is 18.7 Å². The lowest BCUT2D eigenvalue weighted by molar-refractivity contribution is 1.24. The van der Waals surface area contributed by atoms with Gasteiger partial charge in [0.25, 0.3) is 0 Å². The van der Waals surface area contributed by atoms with Gasteiger partial charge in [0.15, 0.2) is 11.6 Å². The van der Waals surface area contributed by atoms with Crippen LogP contribution in [-0.2, 0) is 0 Å². The van der Waals surface area contributed by atoms with Gasteiger partial charge >= 0.3 is 0 Å². The van der Waals surface area contributed by atoms with Gasteiger partial charge in [-0.1, -0.05) is 24.3 Å². The monoisotopic (exact) mass is 348 g/mol. The molecule has 2 aromatic heterocycles. The van der Waals surface area contributed by atoms with Gasteiger partial charge in [0.05, 0.1) is 11.7 Å². The van der Waals surface area contributed by atoms with Gasteiger partial charge in [-0.05, 0) is 49.2 Å². The highest BCUT2D eigenvalue weighted by Gasteiger charge is 2.12. The van der Waals surface area contributed by atoms with Crippen molar-refractivity contribution in [3.8, 4) is 0 Å². The first-order chi connectivity index (χ1) is 12.2. The van der Waals surface area contributed by atoms with Crippen LogP contribution in [0.5, 0.6) is 0 Å². The minimum atomic E-state index is 0.537. The van der Waals surface area contributed by atoms with Crippen molar-refractivity contribution < 1.29 is 0 Å². The quantitative estimate of drug-likeness (QED) is 0.562. The zero-order valence-corrected chi connectivity index (χ0v) is 14.6. The second kappa shape index (κ2) is 6.45. The van der Waals surface area contributed by atoms with Crippen molar-refractivity contribution in [1.29, 1.82) is 0 Å². The van der Waals surface area contributed by atoms with E-state index in [0.29, 0.717) is 22.9 Å². The summed E-state index contributed by atoms with van der Waals surface area (Å²) in [7, 11) is 0. The summed E-state index contributed by atoms with van der Waals surface area (Å²) in [5, 5.41) is 6.66. The first kappa shape index (κ1) is 15.5. The maximum absolute atomic E-state index is 4.58. The van der Waals surface area contributed by atoms with Gasteiger partial charge < -0.3 is 10.6 Å². The summed E-state index contributed by atoms with van der Waals surface area (Å²) in [5.74, 6) is 1.24. The minimum absolute atomic E-state index is 0.537. The molecule has 0 atom stereocenters. The van der Waals surface area contributed by atoms with E-state index in [1.807, 2.05) is 24.3 Å². The number of nitrogens with one attached hydrogen (secondary N) is 2. The molecule has 2 heterocycles. The molecule has 7 heteroatoms. The number of anilines is 4. The molecule has 4 aromatic rings. The molecule has 0 spiro atoms. The predicted molar refractivity (Wildman–Crippen MR) is 102 cm³/mol. The van der Waals surface area contributed by atoms with Crippen LogP contribution >= 0.6 is 11.7 Å². The SMILES string of the molecule is Cc1cccc(Nc2nc3nsnc3nc2Nc2cccc(C)c2)c1. The molecule has 25 heavy (non-hydrogen) atoms. The fraction of sp³-hybridized carbons (Fsp3) is 0.111. The first-order valence-electron chi connectivity index (χ1n) is 7.85.